The van der Waals surface area contributed by atoms with Gasteiger partial charge >= 0.3 is 0 Å². The molecule has 2 heterocycles. The van der Waals surface area contributed by atoms with Crippen LogP contribution in [0.4, 0.5) is 8.78 Å². The number of hydrogen-bond acceptors (Lipinski definition) is 3. The fraction of sp³-hybridized carbons (Fsp3) is 0.375. The average Bonchev–Trinajstić information content (AvgIpc) is 3.31. The number of hydrogen-bond donors (Lipinski definition) is 1. The molecule has 1 atom stereocenters. The van der Waals surface area contributed by atoms with Crippen LogP contribution in [0.1, 0.15) is 69.4 Å². The first kappa shape index (κ1) is 28.3. The number of halogens is 2. The van der Waals surface area contributed by atoms with Gasteiger partial charge in [0.1, 0.15) is 23.2 Å². The number of piperidine rings is 1. The molecular weight excluding hydrogens is 496 g/mol. The number of fused-ring (bicyclic) bond motifs is 1. The second-order valence-electron chi connectivity index (χ2n) is 10.0. The molecule has 4 aromatic rings. The van der Waals surface area contributed by atoms with Crippen LogP contribution in [-0.2, 0) is 11.2 Å². The van der Waals surface area contributed by atoms with Crippen molar-refractivity contribution in [1.82, 2.24) is 14.9 Å². The van der Waals surface area contributed by atoms with E-state index in [2.05, 4.69) is 60.2 Å². The molecule has 1 fully saturated rings. The molecule has 0 aliphatic carbocycles. The zero-order valence-corrected chi connectivity index (χ0v) is 23.2. The fourth-order valence-electron chi connectivity index (χ4n) is 5.13. The molecule has 0 bridgehead atoms. The number of benzene rings is 3. The lowest BCUT2D eigenvalue weighted by molar-refractivity contribution is -0.132. The second-order valence-corrected chi connectivity index (χ2v) is 10.0. The first-order valence-corrected chi connectivity index (χ1v) is 13.7. The lowest BCUT2D eigenvalue weighted by atomic mass is 9.95. The number of imidazole rings is 1. The molecule has 206 valence electrons. The van der Waals surface area contributed by atoms with E-state index in [0.717, 1.165) is 67.4 Å². The zero-order valence-electron chi connectivity index (χ0n) is 23.2. The van der Waals surface area contributed by atoms with Crippen molar-refractivity contribution < 1.29 is 18.3 Å². The summed E-state index contributed by atoms with van der Waals surface area (Å²) in [7, 11) is 0. The Bertz CT molecular complexity index is 1410. The number of carbonyl (C=O) groups excluding carboxylic acids is 1. The lowest BCUT2D eigenvalue weighted by Crippen LogP contribution is -2.37. The van der Waals surface area contributed by atoms with Crippen LogP contribution < -0.4 is 4.74 Å². The topological polar surface area (TPSA) is 58.2 Å². The number of carbonyl (C=O) groups is 1. The van der Waals surface area contributed by atoms with Gasteiger partial charge in [0.15, 0.2) is 0 Å². The third-order valence-electron chi connectivity index (χ3n) is 7.01. The molecule has 1 N–H and O–H groups in total. The Morgan fingerprint density at radius 3 is 2.44 bits per heavy atom. The number of aryl methyl sites for hydroxylation is 2. The summed E-state index contributed by atoms with van der Waals surface area (Å²) in [6.07, 6.45) is 4.70. The average molecular weight is 534 g/mol. The van der Waals surface area contributed by atoms with Gasteiger partial charge in [-0.25, -0.2) is 13.8 Å². The van der Waals surface area contributed by atoms with Crippen LogP contribution in [0.2, 0.25) is 0 Å². The first-order valence-electron chi connectivity index (χ1n) is 13.7. The Kier molecular flexibility index (Phi) is 9.33. The highest BCUT2D eigenvalue weighted by molar-refractivity contribution is 5.82. The number of rotatable bonds is 6. The number of aromatic nitrogens is 2. The van der Waals surface area contributed by atoms with Gasteiger partial charge in [-0.15, -0.1) is 0 Å². The van der Waals surface area contributed by atoms with Crippen molar-refractivity contribution in [3.8, 4) is 16.9 Å². The second kappa shape index (κ2) is 12.9. The SMILES string of the molecule is CC(=O)N1CCCCC1c1cc(F)cc(F)c1.CCCOc1ccc(-c2ccc3nc(C)[nH]c3c2)cc1CC. The molecule has 3 aromatic carbocycles. The summed E-state index contributed by atoms with van der Waals surface area (Å²) < 4.78 is 32.2. The van der Waals surface area contributed by atoms with Gasteiger partial charge < -0.3 is 14.6 Å². The van der Waals surface area contributed by atoms with Crippen LogP contribution in [0.5, 0.6) is 5.75 Å². The summed E-state index contributed by atoms with van der Waals surface area (Å²) >= 11 is 0. The molecule has 1 aromatic heterocycles. The summed E-state index contributed by atoms with van der Waals surface area (Å²) in [6.45, 7) is 9.20. The molecular formula is C32H37F2N3O2. The van der Waals surface area contributed by atoms with Gasteiger partial charge in [0.05, 0.1) is 23.7 Å². The molecule has 5 nitrogen and oxygen atoms in total. The number of nitrogens with zero attached hydrogens (tertiary/aromatic N) is 2. The molecule has 7 heteroatoms. The summed E-state index contributed by atoms with van der Waals surface area (Å²) in [4.78, 5) is 20.9. The number of nitrogens with one attached hydrogen (secondary N) is 1. The quantitative estimate of drug-likeness (QED) is 0.274. The van der Waals surface area contributed by atoms with E-state index < -0.39 is 11.6 Å². The smallest absolute Gasteiger partial charge is 0.219 e. The maximum absolute atomic E-state index is 13.2. The van der Waals surface area contributed by atoms with E-state index in [-0.39, 0.29) is 11.9 Å². The molecule has 1 aliphatic heterocycles. The van der Waals surface area contributed by atoms with Gasteiger partial charge in [0.25, 0.3) is 0 Å². The first-order chi connectivity index (χ1) is 18.8. The Balaban J connectivity index is 0.000000187. The Labute approximate surface area is 229 Å². The normalized spacial score (nSPS) is 15.1. The predicted molar refractivity (Wildman–Crippen MR) is 152 cm³/mol. The number of aromatic amines is 1. The minimum Gasteiger partial charge on any atom is -0.493 e. The van der Waals surface area contributed by atoms with E-state index >= 15 is 0 Å². The Morgan fingerprint density at radius 2 is 1.74 bits per heavy atom. The highest BCUT2D eigenvalue weighted by Gasteiger charge is 2.26. The van der Waals surface area contributed by atoms with E-state index in [1.165, 1.54) is 35.7 Å². The van der Waals surface area contributed by atoms with Crippen LogP contribution in [0.15, 0.2) is 54.6 Å². The monoisotopic (exact) mass is 533 g/mol. The standard InChI is InChI=1S/C19H22N2O.C13H15F2NO/c1-4-10-22-19-9-7-15(11-14(19)5-2)16-6-8-17-18(12-16)21-13(3)20-17;1-9(17)16-5-3-2-4-13(16)10-6-11(14)8-12(15)7-10/h6-9,11-12H,4-5,10H2,1-3H3,(H,20,21);6-8,13H,2-5H2,1H3. The maximum atomic E-state index is 13.2. The van der Waals surface area contributed by atoms with Gasteiger partial charge in [-0.3, -0.25) is 4.79 Å². The number of likely N-dealkylation sites (tertiary alicyclic amines) is 1. The largest absolute Gasteiger partial charge is 0.493 e. The summed E-state index contributed by atoms with van der Waals surface area (Å²) in [5, 5.41) is 0. The van der Waals surface area contributed by atoms with Gasteiger partial charge in [0.2, 0.25) is 5.91 Å². The van der Waals surface area contributed by atoms with E-state index in [9.17, 15) is 13.6 Å². The van der Waals surface area contributed by atoms with Crippen molar-refractivity contribution in [3.63, 3.8) is 0 Å². The van der Waals surface area contributed by atoms with Crippen LogP contribution in [0, 0.1) is 18.6 Å². The maximum Gasteiger partial charge on any atom is 0.219 e. The summed E-state index contributed by atoms with van der Waals surface area (Å²) in [6, 6.07) is 16.1. The van der Waals surface area contributed by atoms with Gasteiger partial charge in [-0.05, 0) is 97.7 Å². The molecule has 1 amide bonds. The van der Waals surface area contributed by atoms with Crippen LogP contribution in [0.25, 0.3) is 22.2 Å². The highest BCUT2D eigenvalue weighted by atomic mass is 19.1. The molecule has 39 heavy (non-hydrogen) atoms. The number of H-pyrrole nitrogens is 1. The van der Waals surface area contributed by atoms with Crippen LogP contribution >= 0.6 is 0 Å². The minimum absolute atomic E-state index is 0.0423. The predicted octanol–water partition coefficient (Wildman–Crippen LogP) is 7.93. The van der Waals surface area contributed by atoms with E-state index in [1.807, 2.05) is 6.92 Å². The van der Waals surface area contributed by atoms with Crippen LogP contribution in [0.3, 0.4) is 0 Å². The third kappa shape index (κ3) is 7.02. The van der Waals surface area contributed by atoms with E-state index in [1.54, 1.807) is 4.90 Å². The van der Waals surface area contributed by atoms with Crippen molar-refractivity contribution in [2.24, 2.45) is 0 Å². The minimum atomic E-state index is -0.589. The molecule has 1 unspecified atom stereocenters. The Hall–Kier alpha value is -3.74. The zero-order chi connectivity index (χ0) is 27.9. The van der Waals surface area contributed by atoms with Gasteiger partial charge in [-0.2, -0.15) is 0 Å². The van der Waals surface area contributed by atoms with Gasteiger partial charge in [-0.1, -0.05) is 26.0 Å². The van der Waals surface area contributed by atoms with Gasteiger partial charge in [0, 0.05) is 19.5 Å². The summed E-state index contributed by atoms with van der Waals surface area (Å²) in [5.41, 5.74) is 6.33. The van der Waals surface area contributed by atoms with Crippen molar-refractivity contribution >= 4 is 16.9 Å². The highest BCUT2D eigenvalue weighted by Crippen LogP contribution is 2.32. The van der Waals surface area contributed by atoms with Crippen molar-refractivity contribution in [2.45, 2.75) is 65.8 Å². The lowest BCUT2D eigenvalue weighted by Gasteiger charge is -2.35. The molecule has 0 spiro atoms. The molecule has 5 rings (SSSR count). The Morgan fingerprint density at radius 1 is 1.03 bits per heavy atom. The fourth-order valence-corrected chi connectivity index (χ4v) is 5.13. The molecule has 0 radical (unpaired) electrons. The summed E-state index contributed by atoms with van der Waals surface area (Å²) in [5.74, 6) is 0.735. The van der Waals surface area contributed by atoms with Crippen molar-refractivity contribution in [1.29, 1.82) is 0 Å². The molecule has 0 saturated carbocycles. The van der Waals surface area contributed by atoms with E-state index in [0.29, 0.717) is 12.1 Å². The van der Waals surface area contributed by atoms with Crippen LogP contribution in [-0.4, -0.2) is 33.9 Å². The number of amides is 1. The number of ether oxygens (including phenoxy) is 1. The third-order valence-corrected chi connectivity index (χ3v) is 7.01. The van der Waals surface area contributed by atoms with Crippen molar-refractivity contribution in [2.75, 3.05) is 13.2 Å². The molecule has 1 aliphatic rings. The molecule has 1 saturated heterocycles. The van der Waals surface area contributed by atoms with E-state index in [4.69, 9.17) is 4.74 Å². The van der Waals surface area contributed by atoms with Crippen molar-refractivity contribution in [3.05, 3.63) is 83.2 Å².